The first-order valence-corrected chi connectivity index (χ1v) is 6.23. The van der Waals surface area contributed by atoms with E-state index in [1.807, 2.05) is 12.1 Å². The van der Waals surface area contributed by atoms with Crippen LogP contribution < -0.4 is 5.19 Å². The quantitative estimate of drug-likeness (QED) is 0.591. The van der Waals surface area contributed by atoms with Crippen LogP contribution in [0.4, 0.5) is 0 Å². The highest BCUT2D eigenvalue weighted by Crippen LogP contribution is 2.02. The maximum absolute atomic E-state index is 5.31. The Morgan fingerprint density at radius 1 is 1.23 bits per heavy atom. The van der Waals surface area contributed by atoms with Crippen LogP contribution in [0.25, 0.3) is 0 Å². The van der Waals surface area contributed by atoms with Crippen molar-refractivity contribution >= 4 is 27.1 Å². The fourth-order valence-corrected chi connectivity index (χ4v) is 3.19. The van der Waals surface area contributed by atoms with Gasteiger partial charge in [0.15, 0.2) is 0 Å². The number of hydrogen-bond donors (Lipinski definition) is 1. The van der Waals surface area contributed by atoms with E-state index in [9.17, 15) is 0 Å². The second-order valence-corrected chi connectivity index (χ2v) is 5.21. The SMILES string of the molecule is CO[SiH](OC)c1ccccc1CS. The van der Waals surface area contributed by atoms with Gasteiger partial charge in [-0.2, -0.15) is 12.6 Å². The monoisotopic (exact) mass is 214 g/mol. The molecule has 0 bridgehead atoms. The average Bonchev–Trinajstić information content (AvgIpc) is 2.20. The zero-order valence-corrected chi connectivity index (χ0v) is 9.91. The molecular weight excluding hydrogens is 200 g/mol. The van der Waals surface area contributed by atoms with Crippen molar-refractivity contribution in [1.29, 1.82) is 0 Å². The van der Waals surface area contributed by atoms with Crippen LogP contribution in [0.2, 0.25) is 0 Å². The Hall–Kier alpha value is -0.293. The van der Waals surface area contributed by atoms with Crippen LogP contribution in [0, 0.1) is 0 Å². The van der Waals surface area contributed by atoms with Gasteiger partial charge in [0.25, 0.3) is 0 Å². The lowest BCUT2D eigenvalue weighted by atomic mass is 10.2. The summed E-state index contributed by atoms with van der Waals surface area (Å²) in [7, 11) is 1.72. The molecule has 1 aromatic carbocycles. The van der Waals surface area contributed by atoms with Crippen LogP contribution in [0.15, 0.2) is 24.3 Å². The van der Waals surface area contributed by atoms with Crippen LogP contribution in [0.3, 0.4) is 0 Å². The highest BCUT2D eigenvalue weighted by atomic mass is 32.1. The number of benzene rings is 1. The second-order valence-electron chi connectivity index (χ2n) is 2.66. The number of rotatable bonds is 4. The Labute approximate surface area is 86.1 Å². The van der Waals surface area contributed by atoms with Gasteiger partial charge in [0.1, 0.15) is 0 Å². The summed E-state index contributed by atoms with van der Waals surface area (Å²) in [5.74, 6) is 0.729. The van der Waals surface area contributed by atoms with Gasteiger partial charge in [-0.15, -0.1) is 0 Å². The van der Waals surface area contributed by atoms with E-state index in [1.54, 1.807) is 14.2 Å². The molecule has 0 N–H and O–H groups in total. The lowest BCUT2D eigenvalue weighted by Gasteiger charge is -2.14. The molecule has 13 heavy (non-hydrogen) atoms. The van der Waals surface area contributed by atoms with Crippen molar-refractivity contribution in [2.75, 3.05) is 14.2 Å². The Morgan fingerprint density at radius 2 is 1.85 bits per heavy atom. The van der Waals surface area contributed by atoms with Gasteiger partial charge in [0.05, 0.1) is 0 Å². The third-order valence-corrected chi connectivity index (χ3v) is 4.18. The van der Waals surface area contributed by atoms with Gasteiger partial charge in [-0.05, 0) is 10.8 Å². The zero-order chi connectivity index (χ0) is 9.68. The van der Waals surface area contributed by atoms with E-state index >= 15 is 0 Å². The normalized spacial score (nSPS) is 10.8. The third kappa shape index (κ3) is 2.57. The van der Waals surface area contributed by atoms with E-state index in [2.05, 4.69) is 24.8 Å². The minimum absolute atomic E-state index is 0.729. The van der Waals surface area contributed by atoms with E-state index in [1.165, 1.54) is 10.8 Å². The van der Waals surface area contributed by atoms with E-state index in [0.29, 0.717) is 0 Å². The smallest absolute Gasteiger partial charge is 0.355 e. The summed E-state index contributed by atoms with van der Waals surface area (Å²) in [6.07, 6.45) is 0. The van der Waals surface area contributed by atoms with E-state index in [4.69, 9.17) is 8.85 Å². The van der Waals surface area contributed by atoms with Crippen molar-refractivity contribution in [3.63, 3.8) is 0 Å². The minimum atomic E-state index is -1.66. The van der Waals surface area contributed by atoms with Gasteiger partial charge < -0.3 is 8.85 Å². The maximum Gasteiger partial charge on any atom is 0.355 e. The molecule has 1 aromatic rings. The molecule has 0 radical (unpaired) electrons. The molecule has 2 nitrogen and oxygen atoms in total. The van der Waals surface area contributed by atoms with Crippen molar-refractivity contribution in [3.8, 4) is 0 Å². The molecule has 0 spiro atoms. The first kappa shape index (κ1) is 10.8. The highest BCUT2D eigenvalue weighted by Gasteiger charge is 2.15. The summed E-state index contributed by atoms with van der Waals surface area (Å²) in [4.78, 5) is 0. The van der Waals surface area contributed by atoms with Crippen LogP contribution in [-0.4, -0.2) is 23.5 Å². The average molecular weight is 214 g/mol. The second kappa shape index (κ2) is 5.44. The van der Waals surface area contributed by atoms with Gasteiger partial charge in [0, 0.05) is 20.0 Å². The summed E-state index contributed by atoms with van der Waals surface area (Å²) in [5, 5.41) is 1.18. The minimum Gasteiger partial charge on any atom is -0.397 e. The summed E-state index contributed by atoms with van der Waals surface area (Å²) >= 11 is 4.26. The topological polar surface area (TPSA) is 18.5 Å². The lowest BCUT2D eigenvalue weighted by Crippen LogP contribution is -2.36. The molecule has 0 heterocycles. The Kier molecular flexibility index (Phi) is 4.51. The van der Waals surface area contributed by atoms with Gasteiger partial charge in [-0.1, -0.05) is 24.3 Å². The van der Waals surface area contributed by atoms with Crippen LogP contribution >= 0.6 is 12.6 Å². The first-order chi connectivity index (χ1) is 6.33. The molecule has 0 amide bonds. The highest BCUT2D eigenvalue weighted by molar-refractivity contribution is 7.79. The predicted octanol–water partition coefficient (Wildman–Crippen LogP) is 0.837. The molecule has 0 aromatic heterocycles. The van der Waals surface area contributed by atoms with Crippen molar-refractivity contribution < 1.29 is 8.85 Å². The summed E-state index contributed by atoms with van der Waals surface area (Å²) in [6.45, 7) is 0. The molecule has 0 saturated heterocycles. The number of thiol groups is 1. The van der Waals surface area contributed by atoms with Crippen molar-refractivity contribution in [1.82, 2.24) is 0 Å². The molecule has 0 unspecified atom stereocenters. The van der Waals surface area contributed by atoms with Gasteiger partial charge in [-0.3, -0.25) is 0 Å². The van der Waals surface area contributed by atoms with Crippen molar-refractivity contribution in [3.05, 3.63) is 29.8 Å². The molecule has 0 aliphatic rings. The summed E-state index contributed by atoms with van der Waals surface area (Å²) in [6, 6.07) is 8.11. The molecule has 0 fully saturated rings. The molecule has 0 aliphatic heterocycles. The third-order valence-electron chi connectivity index (χ3n) is 1.91. The standard InChI is InChI=1S/C9H14O2SSi/c1-10-13(11-2)9-6-4-3-5-8(9)7-12/h3-6,12-13H,7H2,1-2H3. The summed E-state index contributed by atoms with van der Waals surface area (Å²) in [5.41, 5.74) is 1.20. The molecule has 0 saturated carbocycles. The Balaban J connectivity index is 2.96. The Morgan fingerprint density at radius 3 is 2.38 bits per heavy atom. The first-order valence-electron chi connectivity index (χ1n) is 4.07. The van der Waals surface area contributed by atoms with E-state index in [-0.39, 0.29) is 0 Å². The van der Waals surface area contributed by atoms with Gasteiger partial charge in [-0.25, -0.2) is 0 Å². The molecular formula is C9H14O2SSi. The van der Waals surface area contributed by atoms with Crippen LogP contribution in [-0.2, 0) is 14.6 Å². The van der Waals surface area contributed by atoms with E-state index < -0.39 is 9.28 Å². The van der Waals surface area contributed by atoms with Crippen LogP contribution in [0.5, 0.6) is 0 Å². The zero-order valence-electron chi connectivity index (χ0n) is 7.86. The predicted molar refractivity (Wildman–Crippen MR) is 59.9 cm³/mol. The van der Waals surface area contributed by atoms with Crippen molar-refractivity contribution in [2.45, 2.75) is 5.75 Å². The lowest BCUT2D eigenvalue weighted by molar-refractivity contribution is 0.291. The number of hydrogen-bond acceptors (Lipinski definition) is 3. The van der Waals surface area contributed by atoms with E-state index in [0.717, 1.165) is 5.75 Å². The van der Waals surface area contributed by atoms with Crippen LogP contribution in [0.1, 0.15) is 5.56 Å². The molecule has 0 aliphatic carbocycles. The Bertz CT molecular complexity index is 264. The van der Waals surface area contributed by atoms with Crippen molar-refractivity contribution in [2.24, 2.45) is 0 Å². The fourth-order valence-electron chi connectivity index (χ4n) is 1.26. The fraction of sp³-hybridized carbons (Fsp3) is 0.333. The molecule has 4 heteroatoms. The van der Waals surface area contributed by atoms with Gasteiger partial charge >= 0.3 is 9.28 Å². The molecule has 72 valence electrons. The largest absolute Gasteiger partial charge is 0.397 e. The summed E-state index contributed by atoms with van der Waals surface area (Å²) < 4.78 is 10.6. The molecule has 0 atom stereocenters. The van der Waals surface area contributed by atoms with Gasteiger partial charge in [0.2, 0.25) is 0 Å². The maximum atomic E-state index is 5.31. The molecule has 1 rings (SSSR count).